The molecule has 1 nitrogen and oxygen atoms in total. The predicted molar refractivity (Wildman–Crippen MR) is 129 cm³/mol. The maximum Gasteiger partial charge on any atom is 0.0536 e. The molecule has 30 heavy (non-hydrogen) atoms. The van der Waals surface area contributed by atoms with E-state index in [9.17, 15) is 0 Å². The van der Waals surface area contributed by atoms with Gasteiger partial charge in [-0.1, -0.05) is 84.4 Å². The van der Waals surface area contributed by atoms with Crippen LogP contribution in [0.4, 0.5) is 17.1 Å². The Bertz CT molecular complexity index is 1170. The van der Waals surface area contributed by atoms with Crippen molar-refractivity contribution >= 4 is 23.1 Å². The van der Waals surface area contributed by atoms with E-state index in [0.717, 1.165) is 12.8 Å². The Morgan fingerprint density at radius 3 is 2.03 bits per heavy atom. The van der Waals surface area contributed by atoms with Gasteiger partial charge in [0.1, 0.15) is 0 Å². The highest BCUT2D eigenvalue weighted by atomic mass is 15.1. The minimum atomic E-state index is 1.11. The Morgan fingerprint density at radius 1 is 0.633 bits per heavy atom. The van der Waals surface area contributed by atoms with Crippen LogP contribution < -0.4 is 4.90 Å². The fraction of sp³-hybridized carbons (Fsp3) is 0.103. The highest BCUT2D eigenvalue weighted by Gasteiger charge is 2.18. The Labute approximate surface area is 178 Å². The summed E-state index contributed by atoms with van der Waals surface area (Å²) in [7, 11) is 0. The smallest absolute Gasteiger partial charge is 0.0536 e. The van der Waals surface area contributed by atoms with Crippen molar-refractivity contribution in [3.05, 3.63) is 120 Å². The predicted octanol–water partition coefficient (Wildman–Crippen LogP) is 8.09. The second kappa shape index (κ2) is 8.04. The zero-order valence-corrected chi connectivity index (χ0v) is 17.3. The Morgan fingerprint density at radius 2 is 1.30 bits per heavy atom. The summed E-state index contributed by atoms with van der Waals surface area (Å²) >= 11 is 0. The molecule has 0 amide bonds. The van der Waals surface area contributed by atoms with Crippen LogP contribution in [0.5, 0.6) is 0 Å². The molecule has 0 radical (unpaired) electrons. The Balaban J connectivity index is 1.61. The molecule has 0 unspecified atom stereocenters. The molecular formula is C29H25N. The SMILES string of the molecule is Cc1ccc(-c2ccc(N(c3ccccc3)c3cccc4c3C=CCC4)cc2)cc1. The number of allylic oxidation sites excluding steroid dienone is 1. The quantitative estimate of drug-likeness (QED) is 0.342. The average Bonchev–Trinajstić information content (AvgIpc) is 2.81. The lowest BCUT2D eigenvalue weighted by molar-refractivity contribution is 0.984. The minimum Gasteiger partial charge on any atom is -0.310 e. The van der Waals surface area contributed by atoms with Crippen molar-refractivity contribution in [3.8, 4) is 11.1 Å². The maximum atomic E-state index is 2.37. The second-order valence-corrected chi connectivity index (χ2v) is 7.87. The molecule has 0 heterocycles. The molecule has 0 atom stereocenters. The first-order chi connectivity index (χ1) is 14.8. The van der Waals surface area contributed by atoms with Gasteiger partial charge >= 0.3 is 0 Å². The third-order valence-corrected chi connectivity index (χ3v) is 5.80. The lowest BCUT2D eigenvalue weighted by Gasteiger charge is -2.29. The number of anilines is 3. The van der Waals surface area contributed by atoms with Gasteiger partial charge in [0.15, 0.2) is 0 Å². The molecule has 0 N–H and O–H groups in total. The molecule has 4 aromatic rings. The highest BCUT2D eigenvalue weighted by molar-refractivity contribution is 5.84. The van der Waals surface area contributed by atoms with E-state index >= 15 is 0 Å². The van der Waals surface area contributed by atoms with Gasteiger partial charge in [-0.15, -0.1) is 0 Å². The first-order valence-corrected chi connectivity index (χ1v) is 10.6. The van der Waals surface area contributed by atoms with E-state index in [1.54, 1.807) is 0 Å². The number of benzene rings is 4. The summed E-state index contributed by atoms with van der Waals surface area (Å²) in [5.41, 5.74) is 10.1. The fourth-order valence-corrected chi connectivity index (χ4v) is 4.20. The number of hydrogen-bond donors (Lipinski definition) is 0. The first kappa shape index (κ1) is 18.4. The van der Waals surface area contributed by atoms with Gasteiger partial charge in [-0.3, -0.25) is 0 Å². The second-order valence-electron chi connectivity index (χ2n) is 7.87. The molecule has 0 bridgehead atoms. The lowest BCUT2D eigenvalue weighted by atomic mass is 9.95. The van der Waals surface area contributed by atoms with Gasteiger partial charge < -0.3 is 4.90 Å². The number of aryl methyl sites for hydroxylation is 2. The van der Waals surface area contributed by atoms with E-state index in [1.165, 1.54) is 44.9 Å². The van der Waals surface area contributed by atoms with Gasteiger partial charge in [0.25, 0.3) is 0 Å². The van der Waals surface area contributed by atoms with E-state index in [0.29, 0.717) is 0 Å². The van der Waals surface area contributed by atoms with Crippen LogP contribution >= 0.6 is 0 Å². The van der Waals surface area contributed by atoms with E-state index in [4.69, 9.17) is 0 Å². The number of hydrogen-bond acceptors (Lipinski definition) is 1. The molecule has 0 fully saturated rings. The van der Waals surface area contributed by atoms with Crippen LogP contribution in [-0.4, -0.2) is 0 Å². The van der Waals surface area contributed by atoms with Crippen LogP contribution in [0, 0.1) is 6.92 Å². The molecule has 0 aromatic heterocycles. The van der Waals surface area contributed by atoms with Gasteiger partial charge in [-0.05, 0) is 66.8 Å². The summed E-state index contributed by atoms with van der Waals surface area (Å²) in [6, 6.07) is 34.9. The molecule has 146 valence electrons. The van der Waals surface area contributed by atoms with E-state index in [1.807, 2.05) is 0 Å². The van der Waals surface area contributed by atoms with Crippen LogP contribution in [-0.2, 0) is 6.42 Å². The van der Waals surface area contributed by atoms with Crippen LogP contribution in [0.1, 0.15) is 23.1 Å². The largest absolute Gasteiger partial charge is 0.310 e. The van der Waals surface area contributed by atoms with Gasteiger partial charge in [0, 0.05) is 16.9 Å². The Hall–Kier alpha value is -3.58. The van der Waals surface area contributed by atoms with Crippen molar-refractivity contribution in [1.82, 2.24) is 0 Å². The zero-order valence-electron chi connectivity index (χ0n) is 17.3. The van der Waals surface area contributed by atoms with Crippen molar-refractivity contribution in [3.63, 3.8) is 0 Å². The van der Waals surface area contributed by atoms with Crippen molar-refractivity contribution in [2.24, 2.45) is 0 Å². The topological polar surface area (TPSA) is 3.24 Å². The normalized spacial score (nSPS) is 12.4. The number of para-hydroxylation sites is 1. The summed E-state index contributed by atoms with van der Waals surface area (Å²) in [5, 5.41) is 0. The molecule has 1 aliphatic rings. The number of rotatable bonds is 4. The van der Waals surface area contributed by atoms with Crippen LogP contribution in [0.15, 0.2) is 103 Å². The third kappa shape index (κ3) is 3.55. The number of fused-ring (bicyclic) bond motifs is 1. The van der Waals surface area contributed by atoms with Crippen molar-refractivity contribution < 1.29 is 0 Å². The van der Waals surface area contributed by atoms with Crippen molar-refractivity contribution in [2.75, 3.05) is 4.90 Å². The molecule has 5 rings (SSSR count). The monoisotopic (exact) mass is 387 g/mol. The van der Waals surface area contributed by atoms with Gasteiger partial charge in [0.05, 0.1) is 5.69 Å². The highest BCUT2D eigenvalue weighted by Crippen LogP contribution is 2.40. The van der Waals surface area contributed by atoms with Crippen LogP contribution in [0.3, 0.4) is 0 Å². The van der Waals surface area contributed by atoms with E-state index < -0.39 is 0 Å². The molecule has 0 aliphatic heterocycles. The molecule has 1 heteroatoms. The minimum absolute atomic E-state index is 1.11. The summed E-state index contributed by atoms with van der Waals surface area (Å²) < 4.78 is 0. The van der Waals surface area contributed by atoms with Crippen molar-refractivity contribution in [1.29, 1.82) is 0 Å². The van der Waals surface area contributed by atoms with Crippen LogP contribution in [0.25, 0.3) is 17.2 Å². The first-order valence-electron chi connectivity index (χ1n) is 10.6. The van der Waals surface area contributed by atoms with Crippen molar-refractivity contribution in [2.45, 2.75) is 19.8 Å². The zero-order chi connectivity index (χ0) is 20.3. The molecule has 4 aromatic carbocycles. The summed E-state index contributed by atoms with van der Waals surface area (Å²) in [6.07, 6.45) is 6.79. The maximum absolute atomic E-state index is 2.37. The van der Waals surface area contributed by atoms with Gasteiger partial charge in [-0.2, -0.15) is 0 Å². The van der Waals surface area contributed by atoms with E-state index in [-0.39, 0.29) is 0 Å². The van der Waals surface area contributed by atoms with Gasteiger partial charge in [-0.25, -0.2) is 0 Å². The number of nitrogens with zero attached hydrogens (tertiary/aromatic N) is 1. The fourth-order valence-electron chi connectivity index (χ4n) is 4.20. The van der Waals surface area contributed by atoms with Crippen LogP contribution in [0.2, 0.25) is 0 Å². The summed E-state index contributed by atoms with van der Waals surface area (Å²) in [4.78, 5) is 2.37. The molecular weight excluding hydrogens is 362 g/mol. The lowest BCUT2D eigenvalue weighted by Crippen LogP contribution is -2.12. The summed E-state index contributed by atoms with van der Waals surface area (Å²) in [6.45, 7) is 2.12. The van der Waals surface area contributed by atoms with E-state index in [2.05, 4.69) is 121 Å². The molecule has 0 saturated heterocycles. The average molecular weight is 388 g/mol. The molecule has 0 spiro atoms. The molecule has 0 saturated carbocycles. The third-order valence-electron chi connectivity index (χ3n) is 5.80. The Kier molecular flexibility index (Phi) is 4.94. The standard InChI is InChI=1S/C29H25N/c1-22-14-16-23(17-15-22)24-18-20-27(21-19-24)30(26-10-3-2-4-11-26)29-13-7-9-25-8-5-6-12-28(25)29/h2-4,6-7,9-21H,5,8H2,1H3. The summed E-state index contributed by atoms with van der Waals surface area (Å²) in [5.74, 6) is 0. The van der Waals surface area contributed by atoms with Gasteiger partial charge in [0.2, 0.25) is 0 Å². The molecule has 1 aliphatic carbocycles.